The van der Waals surface area contributed by atoms with Crippen molar-refractivity contribution in [1.82, 2.24) is 4.90 Å². The van der Waals surface area contributed by atoms with Gasteiger partial charge in [-0.25, -0.2) is 0 Å². The summed E-state index contributed by atoms with van der Waals surface area (Å²) < 4.78 is 16.7. The van der Waals surface area contributed by atoms with Crippen LogP contribution in [-0.4, -0.2) is 50.0 Å². The van der Waals surface area contributed by atoms with E-state index in [9.17, 15) is 5.11 Å². The van der Waals surface area contributed by atoms with Gasteiger partial charge in [0.05, 0.1) is 14.2 Å². The van der Waals surface area contributed by atoms with Gasteiger partial charge in [-0.3, -0.25) is 4.90 Å². The molecule has 1 unspecified atom stereocenters. The summed E-state index contributed by atoms with van der Waals surface area (Å²) in [4.78, 5) is 2.23. The monoisotopic (exact) mass is 421 g/mol. The van der Waals surface area contributed by atoms with Crippen molar-refractivity contribution >= 4 is 11.6 Å². The maximum Gasteiger partial charge on any atom is 0.165 e. The van der Waals surface area contributed by atoms with Crippen molar-refractivity contribution in [3.05, 3.63) is 53.1 Å². The molecule has 0 fully saturated rings. The summed E-state index contributed by atoms with van der Waals surface area (Å²) in [5.41, 5.74) is 1.03. The van der Waals surface area contributed by atoms with Gasteiger partial charge in [-0.05, 0) is 49.2 Å². The lowest BCUT2D eigenvalue weighted by Gasteiger charge is -2.27. The molecule has 6 heteroatoms. The molecular weight excluding hydrogens is 390 g/mol. The topological polar surface area (TPSA) is 51.2 Å². The fourth-order valence-electron chi connectivity index (χ4n) is 3.07. The van der Waals surface area contributed by atoms with Crippen LogP contribution in [0.15, 0.2) is 42.5 Å². The molecular formula is C23H32ClNO4. The van der Waals surface area contributed by atoms with Crippen LogP contribution in [0.25, 0.3) is 0 Å². The van der Waals surface area contributed by atoms with Crippen molar-refractivity contribution in [2.24, 2.45) is 5.92 Å². The molecule has 1 N–H and O–H groups in total. The van der Waals surface area contributed by atoms with Gasteiger partial charge in [0, 0.05) is 23.7 Å². The first-order valence-electron chi connectivity index (χ1n) is 9.91. The smallest absolute Gasteiger partial charge is 0.165 e. The van der Waals surface area contributed by atoms with Crippen molar-refractivity contribution < 1.29 is 19.3 Å². The Morgan fingerprint density at radius 2 is 1.76 bits per heavy atom. The van der Waals surface area contributed by atoms with Crippen LogP contribution in [0.1, 0.15) is 25.8 Å². The number of benzene rings is 2. The van der Waals surface area contributed by atoms with E-state index in [0.717, 1.165) is 24.3 Å². The lowest BCUT2D eigenvalue weighted by atomic mass is 10.1. The molecule has 2 aromatic carbocycles. The van der Waals surface area contributed by atoms with Gasteiger partial charge in [0.1, 0.15) is 18.5 Å². The van der Waals surface area contributed by atoms with Gasteiger partial charge in [-0.2, -0.15) is 0 Å². The molecule has 0 amide bonds. The SMILES string of the molecule is COc1cccc(CN(CCC(C)C)CC(O)COc2ccc(Cl)cc2)c1OC. The first-order chi connectivity index (χ1) is 13.9. The summed E-state index contributed by atoms with van der Waals surface area (Å²) in [5.74, 6) is 2.71. The molecule has 0 aromatic heterocycles. The van der Waals surface area contributed by atoms with Gasteiger partial charge in [0.2, 0.25) is 0 Å². The number of aliphatic hydroxyl groups is 1. The van der Waals surface area contributed by atoms with Crippen LogP contribution < -0.4 is 14.2 Å². The van der Waals surface area contributed by atoms with Crippen LogP contribution in [-0.2, 0) is 6.54 Å². The molecule has 0 saturated carbocycles. The summed E-state index contributed by atoms with van der Waals surface area (Å²) in [6.45, 7) is 6.64. The summed E-state index contributed by atoms with van der Waals surface area (Å²) in [5, 5.41) is 11.2. The molecule has 0 spiro atoms. The number of nitrogens with zero attached hydrogens (tertiary/aromatic N) is 1. The summed E-state index contributed by atoms with van der Waals surface area (Å²) in [6, 6.07) is 13.0. The molecule has 2 rings (SSSR count). The Hall–Kier alpha value is -1.95. The van der Waals surface area contributed by atoms with Crippen LogP contribution in [0.2, 0.25) is 5.02 Å². The minimum absolute atomic E-state index is 0.217. The third-order valence-corrected chi connectivity index (χ3v) is 4.88. The number of hydrogen-bond acceptors (Lipinski definition) is 5. The predicted molar refractivity (Wildman–Crippen MR) is 117 cm³/mol. The third kappa shape index (κ3) is 7.77. The minimum Gasteiger partial charge on any atom is -0.493 e. The Morgan fingerprint density at radius 1 is 1.03 bits per heavy atom. The van der Waals surface area contributed by atoms with E-state index in [1.807, 2.05) is 18.2 Å². The molecule has 0 saturated heterocycles. The maximum atomic E-state index is 10.6. The second-order valence-electron chi connectivity index (χ2n) is 7.49. The van der Waals surface area contributed by atoms with E-state index in [1.165, 1.54) is 0 Å². The zero-order valence-corrected chi connectivity index (χ0v) is 18.5. The zero-order valence-electron chi connectivity index (χ0n) is 17.7. The number of ether oxygens (including phenoxy) is 3. The highest BCUT2D eigenvalue weighted by molar-refractivity contribution is 6.30. The van der Waals surface area contributed by atoms with Crippen molar-refractivity contribution in [3.63, 3.8) is 0 Å². The second kappa shape index (κ2) is 11.9. The summed E-state index contributed by atoms with van der Waals surface area (Å²) in [6.07, 6.45) is 0.422. The number of methoxy groups -OCH3 is 2. The molecule has 1 atom stereocenters. The molecule has 2 aromatic rings. The highest BCUT2D eigenvalue weighted by Gasteiger charge is 2.17. The molecule has 160 valence electrons. The highest BCUT2D eigenvalue weighted by Crippen LogP contribution is 2.31. The Morgan fingerprint density at radius 3 is 2.38 bits per heavy atom. The number of aliphatic hydroxyl groups excluding tert-OH is 1. The van der Waals surface area contributed by atoms with Gasteiger partial charge in [-0.1, -0.05) is 37.6 Å². The fourth-order valence-corrected chi connectivity index (χ4v) is 3.19. The molecule has 5 nitrogen and oxygen atoms in total. The molecule has 0 bridgehead atoms. The maximum absolute atomic E-state index is 10.6. The first kappa shape index (κ1) is 23.3. The van der Waals surface area contributed by atoms with E-state index in [0.29, 0.717) is 35.5 Å². The molecule has 0 heterocycles. The minimum atomic E-state index is -0.616. The predicted octanol–water partition coefficient (Wildman–Crippen LogP) is 4.65. The van der Waals surface area contributed by atoms with Crippen molar-refractivity contribution in [3.8, 4) is 17.2 Å². The number of hydrogen-bond donors (Lipinski definition) is 1. The standard InChI is InChI=1S/C23H32ClNO4/c1-17(2)12-13-25(14-18-6-5-7-22(27-3)23(18)28-4)15-20(26)16-29-21-10-8-19(24)9-11-21/h5-11,17,20,26H,12-16H2,1-4H3. The van der Waals surface area contributed by atoms with Crippen molar-refractivity contribution in [1.29, 1.82) is 0 Å². The average molecular weight is 422 g/mol. The lowest BCUT2D eigenvalue weighted by molar-refractivity contribution is 0.0636. The lowest BCUT2D eigenvalue weighted by Crippen LogP contribution is -2.36. The molecule has 0 radical (unpaired) electrons. The average Bonchev–Trinajstić information content (AvgIpc) is 2.71. The van der Waals surface area contributed by atoms with Gasteiger partial charge in [-0.15, -0.1) is 0 Å². The van der Waals surface area contributed by atoms with E-state index in [2.05, 4.69) is 18.7 Å². The Bertz CT molecular complexity index is 736. The fraction of sp³-hybridized carbons (Fsp3) is 0.478. The van der Waals surface area contributed by atoms with Crippen LogP contribution >= 0.6 is 11.6 Å². The second-order valence-corrected chi connectivity index (χ2v) is 7.93. The van der Waals surface area contributed by atoms with E-state index in [4.69, 9.17) is 25.8 Å². The number of rotatable bonds is 12. The van der Waals surface area contributed by atoms with E-state index in [-0.39, 0.29) is 6.61 Å². The number of halogens is 1. The first-order valence-corrected chi connectivity index (χ1v) is 10.3. The Labute approximate surface area is 179 Å². The molecule has 29 heavy (non-hydrogen) atoms. The zero-order chi connectivity index (χ0) is 21.2. The largest absolute Gasteiger partial charge is 0.493 e. The van der Waals surface area contributed by atoms with Crippen LogP contribution in [0.5, 0.6) is 17.2 Å². The third-order valence-electron chi connectivity index (χ3n) is 4.63. The molecule has 0 aliphatic rings. The normalized spacial score (nSPS) is 12.3. The molecule has 0 aliphatic heterocycles. The van der Waals surface area contributed by atoms with Crippen molar-refractivity contribution in [2.75, 3.05) is 33.9 Å². The van der Waals surface area contributed by atoms with Gasteiger partial charge in [0.25, 0.3) is 0 Å². The van der Waals surface area contributed by atoms with E-state index >= 15 is 0 Å². The van der Waals surface area contributed by atoms with Gasteiger partial charge >= 0.3 is 0 Å². The van der Waals surface area contributed by atoms with Gasteiger partial charge in [0.15, 0.2) is 11.5 Å². The Balaban J connectivity index is 2.02. The van der Waals surface area contributed by atoms with Crippen LogP contribution in [0.4, 0.5) is 0 Å². The van der Waals surface area contributed by atoms with Crippen molar-refractivity contribution in [2.45, 2.75) is 32.9 Å². The Kier molecular flexibility index (Phi) is 9.58. The summed E-state index contributed by atoms with van der Waals surface area (Å²) in [7, 11) is 3.28. The number of para-hydroxylation sites is 1. The van der Waals surface area contributed by atoms with Crippen LogP contribution in [0, 0.1) is 5.92 Å². The van der Waals surface area contributed by atoms with E-state index < -0.39 is 6.10 Å². The van der Waals surface area contributed by atoms with Gasteiger partial charge < -0.3 is 19.3 Å². The quantitative estimate of drug-likeness (QED) is 0.540. The van der Waals surface area contributed by atoms with Crippen LogP contribution in [0.3, 0.4) is 0 Å². The molecule has 0 aliphatic carbocycles. The highest BCUT2D eigenvalue weighted by atomic mass is 35.5. The van der Waals surface area contributed by atoms with E-state index in [1.54, 1.807) is 38.5 Å². The summed E-state index contributed by atoms with van der Waals surface area (Å²) >= 11 is 5.90.